The van der Waals surface area contributed by atoms with Crippen LogP contribution < -0.4 is 10.6 Å². The molecule has 0 spiro atoms. The highest BCUT2D eigenvalue weighted by molar-refractivity contribution is 5.39. The molecule has 1 rings (SSSR count). The Morgan fingerprint density at radius 1 is 1.32 bits per heavy atom. The molecule has 2 N–H and O–H groups in total. The zero-order valence-corrected chi connectivity index (χ0v) is 11.3. The molecule has 0 fully saturated rings. The van der Waals surface area contributed by atoms with Gasteiger partial charge in [-0.15, -0.1) is 0 Å². The lowest BCUT2D eigenvalue weighted by Gasteiger charge is -2.10. The molecule has 0 aliphatic rings. The van der Waals surface area contributed by atoms with Crippen molar-refractivity contribution in [1.82, 2.24) is 15.0 Å². The van der Waals surface area contributed by atoms with Crippen molar-refractivity contribution in [3.63, 3.8) is 0 Å². The van der Waals surface area contributed by atoms with Crippen molar-refractivity contribution in [2.45, 2.75) is 33.2 Å². The molecule has 0 saturated heterocycles. The van der Waals surface area contributed by atoms with Crippen LogP contribution in [0, 0.1) is 0 Å². The molecule has 0 unspecified atom stereocenters. The number of hydrogen-bond acceptors (Lipinski definition) is 7. The van der Waals surface area contributed by atoms with Crippen LogP contribution in [-0.2, 0) is 4.74 Å². The SMILES string of the molecule is CCCOCNc1nc(N=[N+]=[N-])nc(NC(C)C)n1. The molecule has 0 aliphatic carbocycles. The summed E-state index contributed by atoms with van der Waals surface area (Å²) < 4.78 is 5.27. The first-order valence-corrected chi connectivity index (χ1v) is 6.05. The van der Waals surface area contributed by atoms with E-state index in [1.165, 1.54) is 0 Å². The normalized spacial score (nSPS) is 10.1. The zero-order chi connectivity index (χ0) is 14.1. The fourth-order valence-corrected chi connectivity index (χ4v) is 1.18. The number of anilines is 2. The van der Waals surface area contributed by atoms with Gasteiger partial charge in [-0.2, -0.15) is 15.0 Å². The average Bonchev–Trinajstić information content (AvgIpc) is 2.34. The van der Waals surface area contributed by atoms with E-state index < -0.39 is 0 Å². The first-order chi connectivity index (χ1) is 9.15. The smallest absolute Gasteiger partial charge is 0.229 e. The van der Waals surface area contributed by atoms with Crippen LogP contribution in [0.15, 0.2) is 5.11 Å². The molecule has 9 heteroatoms. The minimum absolute atomic E-state index is 0.0126. The Balaban J connectivity index is 2.77. The van der Waals surface area contributed by atoms with Crippen molar-refractivity contribution < 1.29 is 4.74 Å². The third-order valence-corrected chi connectivity index (χ3v) is 1.86. The van der Waals surface area contributed by atoms with Gasteiger partial charge in [-0.25, -0.2) is 0 Å². The topological polar surface area (TPSA) is 121 Å². The summed E-state index contributed by atoms with van der Waals surface area (Å²) in [5.41, 5.74) is 8.42. The van der Waals surface area contributed by atoms with Gasteiger partial charge in [-0.3, -0.25) is 0 Å². The van der Waals surface area contributed by atoms with Crippen LogP contribution in [0.1, 0.15) is 27.2 Å². The van der Waals surface area contributed by atoms with Gasteiger partial charge in [0.25, 0.3) is 0 Å². The third kappa shape index (κ3) is 5.84. The van der Waals surface area contributed by atoms with Crippen LogP contribution in [0.4, 0.5) is 17.8 Å². The van der Waals surface area contributed by atoms with Gasteiger partial charge >= 0.3 is 0 Å². The van der Waals surface area contributed by atoms with Crippen LogP contribution in [0.5, 0.6) is 0 Å². The van der Waals surface area contributed by atoms with E-state index in [1.54, 1.807) is 0 Å². The summed E-state index contributed by atoms with van der Waals surface area (Å²) in [6.07, 6.45) is 0.934. The van der Waals surface area contributed by atoms with Crippen LogP contribution >= 0.6 is 0 Å². The summed E-state index contributed by atoms with van der Waals surface area (Å²) in [5.74, 6) is 0.667. The van der Waals surface area contributed by atoms with E-state index in [9.17, 15) is 0 Å². The Bertz CT molecular complexity index is 443. The number of azide groups is 1. The Hall–Kier alpha value is -2.12. The standard InChI is InChI=1S/C10H18N8O/c1-4-5-19-6-12-8-14-9(13-7(2)3)16-10(15-8)17-18-11/h7H,4-6H2,1-3H3,(H2,12,13,14,15,16). The second-order valence-electron chi connectivity index (χ2n) is 4.00. The minimum atomic E-state index is 0.0126. The second-order valence-corrected chi connectivity index (χ2v) is 4.00. The predicted molar refractivity (Wildman–Crippen MR) is 72.1 cm³/mol. The van der Waals surface area contributed by atoms with Gasteiger partial charge in [-0.05, 0) is 30.9 Å². The number of nitrogens with one attached hydrogen (secondary N) is 2. The largest absolute Gasteiger partial charge is 0.361 e. The van der Waals surface area contributed by atoms with Gasteiger partial charge in [0.1, 0.15) is 6.73 Å². The highest BCUT2D eigenvalue weighted by atomic mass is 16.5. The maximum Gasteiger partial charge on any atom is 0.229 e. The molecule has 1 aromatic heterocycles. The average molecular weight is 266 g/mol. The van der Waals surface area contributed by atoms with Crippen LogP contribution in [0.3, 0.4) is 0 Å². The molecule has 0 radical (unpaired) electrons. The van der Waals surface area contributed by atoms with Crippen molar-refractivity contribution in [2.24, 2.45) is 5.11 Å². The predicted octanol–water partition coefficient (Wildman–Crippen LogP) is 2.43. The van der Waals surface area contributed by atoms with Crippen LogP contribution in [-0.4, -0.2) is 34.3 Å². The molecule has 0 saturated carbocycles. The molecule has 1 aromatic rings. The van der Waals surface area contributed by atoms with Gasteiger partial charge in [0, 0.05) is 17.6 Å². The van der Waals surface area contributed by atoms with Crippen LogP contribution in [0.25, 0.3) is 10.4 Å². The maximum atomic E-state index is 8.42. The fraction of sp³-hybridized carbons (Fsp3) is 0.700. The molecule has 0 atom stereocenters. The Kier molecular flexibility index (Phi) is 6.34. The number of aromatic nitrogens is 3. The van der Waals surface area contributed by atoms with E-state index in [0.717, 1.165) is 6.42 Å². The molecule has 19 heavy (non-hydrogen) atoms. The fourth-order valence-electron chi connectivity index (χ4n) is 1.18. The van der Waals surface area contributed by atoms with E-state index in [0.29, 0.717) is 18.5 Å². The lowest BCUT2D eigenvalue weighted by Crippen LogP contribution is -2.15. The van der Waals surface area contributed by atoms with Crippen molar-refractivity contribution in [3.8, 4) is 0 Å². The highest BCUT2D eigenvalue weighted by Crippen LogP contribution is 2.12. The minimum Gasteiger partial charge on any atom is -0.361 e. The molecule has 0 bridgehead atoms. The molecule has 0 amide bonds. The summed E-state index contributed by atoms with van der Waals surface area (Å²) in [6.45, 7) is 6.86. The third-order valence-electron chi connectivity index (χ3n) is 1.86. The molecule has 104 valence electrons. The first kappa shape index (κ1) is 14.9. The monoisotopic (exact) mass is 266 g/mol. The van der Waals surface area contributed by atoms with E-state index in [-0.39, 0.29) is 18.7 Å². The maximum absolute atomic E-state index is 8.42. The van der Waals surface area contributed by atoms with E-state index in [2.05, 4.69) is 35.6 Å². The van der Waals surface area contributed by atoms with Gasteiger partial charge in [0.2, 0.25) is 17.8 Å². The van der Waals surface area contributed by atoms with Crippen molar-refractivity contribution >= 4 is 17.8 Å². The summed E-state index contributed by atoms with van der Waals surface area (Å²) in [4.78, 5) is 14.7. The summed E-state index contributed by atoms with van der Waals surface area (Å²) in [5, 5.41) is 9.28. The molecule has 0 aliphatic heterocycles. The number of hydrogen-bond donors (Lipinski definition) is 2. The van der Waals surface area contributed by atoms with Crippen molar-refractivity contribution in [1.29, 1.82) is 0 Å². The lowest BCUT2D eigenvalue weighted by molar-refractivity contribution is 0.152. The Labute approximate surface area is 111 Å². The highest BCUT2D eigenvalue weighted by Gasteiger charge is 2.06. The quantitative estimate of drug-likeness (QED) is 0.245. The zero-order valence-electron chi connectivity index (χ0n) is 11.3. The van der Waals surface area contributed by atoms with Crippen molar-refractivity contribution in [3.05, 3.63) is 10.4 Å². The first-order valence-electron chi connectivity index (χ1n) is 6.05. The second kappa shape index (κ2) is 8.06. The van der Waals surface area contributed by atoms with Gasteiger partial charge in [0.05, 0.1) is 0 Å². The molecule has 9 nitrogen and oxygen atoms in total. The van der Waals surface area contributed by atoms with E-state index >= 15 is 0 Å². The Morgan fingerprint density at radius 3 is 2.68 bits per heavy atom. The number of ether oxygens (including phenoxy) is 1. The van der Waals surface area contributed by atoms with Gasteiger partial charge < -0.3 is 15.4 Å². The number of nitrogens with zero attached hydrogens (tertiary/aromatic N) is 6. The van der Waals surface area contributed by atoms with Gasteiger partial charge in [-0.1, -0.05) is 6.92 Å². The van der Waals surface area contributed by atoms with Crippen molar-refractivity contribution in [2.75, 3.05) is 24.0 Å². The Morgan fingerprint density at radius 2 is 2.05 bits per heavy atom. The van der Waals surface area contributed by atoms with Gasteiger partial charge in [0.15, 0.2) is 0 Å². The molecular formula is C10H18N8O. The van der Waals surface area contributed by atoms with Crippen LogP contribution in [0.2, 0.25) is 0 Å². The molecular weight excluding hydrogens is 248 g/mol. The summed E-state index contributed by atoms with van der Waals surface area (Å²) >= 11 is 0. The number of rotatable bonds is 8. The summed E-state index contributed by atoms with van der Waals surface area (Å²) in [7, 11) is 0. The van der Waals surface area contributed by atoms with E-state index in [4.69, 9.17) is 10.3 Å². The summed E-state index contributed by atoms with van der Waals surface area (Å²) in [6, 6.07) is 0.158. The molecule has 1 heterocycles. The van der Waals surface area contributed by atoms with E-state index in [1.807, 2.05) is 20.8 Å². The lowest BCUT2D eigenvalue weighted by atomic mass is 10.4. The molecule has 0 aromatic carbocycles.